The van der Waals surface area contributed by atoms with E-state index in [0.29, 0.717) is 12.3 Å². The van der Waals surface area contributed by atoms with Crippen LogP contribution in [-0.2, 0) is 4.43 Å². The van der Waals surface area contributed by atoms with Gasteiger partial charge in [-0.25, -0.2) is 0 Å². The van der Waals surface area contributed by atoms with Gasteiger partial charge in [-0.05, 0) is 30.3 Å². The van der Waals surface area contributed by atoms with Gasteiger partial charge in [0.1, 0.15) is 6.10 Å². The van der Waals surface area contributed by atoms with Gasteiger partial charge in [0, 0.05) is 6.20 Å². The van der Waals surface area contributed by atoms with Gasteiger partial charge in [-0.15, -0.1) is 0 Å². The topological polar surface area (TPSA) is 42.4 Å². The zero-order valence-corrected chi connectivity index (χ0v) is 12.4. The molecule has 0 saturated heterocycles. The highest BCUT2D eigenvalue weighted by Gasteiger charge is 2.37. The minimum atomic E-state index is -1.79. The minimum Gasteiger partial charge on any atom is -0.414 e. The molecular formula is C13H23NO2Si. The van der Waals surface area contributed by atoms with E-state index in [9.17, 15) is 5.11 Å². The minimum absolute atomic E-state index is 0.164. The van der Waals surface area contributed by atoms with Crippen LogP contribution >= 0.6 is 0 Å². The van der Waals surface area contributed by atoms with Crippen LogP contribution in [0.15, 0.2) is 24.4 Å². The molecule has 1 N–H and O–H groups in total. The summed E-state index contributed by atoms with van der Waals surface area (Å²) in [6, 6.07) is 5.53. The number of hydrogen-bond acceptors (Lipinski definition) is 3. The molecule has 0 saturated carbocycles. The lowest BCUT2D eigenvalue weighted by molar-refractivity contribution is 0.0970. The number of rotatable bonds is 4. The van der Waals surface area contributed by atoms with Crippen molar-refractivity contribution in [2.75, 3.05) is 6.61 Å². The van der Waals surface area contributed by atoms with E-state index in [1.807, 2.05) is 18.2 Å². The third kappa shape index (κ3) is 3.91. The van der Waals surface area contributed by atoms with E-state index in [0.717, 1.165) is 0 Å². The average molecular weight is 253 g/mol. The van der Waals surface area contributed by atoms with Crippen molar-refractivity contribution < 1.29 is 9.53 Å². The van der Waals surface area contributed by atoms with Crippen LogP contribution in [-0.4, -0.2) is 25.0 Å². The van der Waals surface area contributed by atoms with E-state index in [-0.39, 0.29) is 5.04 Å². The van der Waals surface area contributed by atoms with Crippen LogP contribution in [0.1, 0.15) is 32.6 Å². The standard InChI is InChI=1S/C13H23NO2Si/c1-13(2,3)17(4,5)16-10-12(15)11-8-6-7-9-14-11/h6-9,12,15H,10H2,1-5H3/t12-/m0/s1. The zero-order chi connectivity index (χ0) is 13.1. The van der Waals surface area contributed by atoms with E-state index in [1.165, 1.54) is 0 Å². The Morgan fingerprint density at radius 2 is 2.00 bits per heavy atom. The summed E-state index contributed by atoms with van der Waals surface area (Å²) in [6.45, 7) is 11.2. The van der Waals surface area contributed by atoms with E-state index in [2.05, 4.69) is 38.8 Å². The Morgan fingerprint density at radius 3 is 2.47 bits per heavy atom. The molecular weight excluding hydrogens is 230 g/mol. The molecule has 0 fully saturated rings. The van der Waals surface area contributed by atoms with Gasteiger partial charge in [-0.1, -0.05) is 26.8 Å². The summed E-state index contributed by atoms with van der Waals surface area (Å²) in [5.74, 6) is 0. The van der Waals surface area contributed by atoms with Crippen molar-refractivity contribution in [3.8, 4) is 0 Å². The maximum Gasteiger partial charge on any atom is 0.192 e. The van der Waals surface area contributed by atoms with Gasteiger partial charge in [0.2, 0.25) is 0 Å². The number of hydrogen-bond donors (Lipinski definition) is 1. The van der Waals surface area contributed by atoms with Crippen LogP contribution < -0.4 is 0 Å². The summed E-state index contributed by atoms with van der Waals surface area (Å²) in [7, 11) is -1.79. The molecule has 0 aliphatic heterocycles. The third-order valence-corrected chi connectivity index (χ3v) is 7.94. The Balaban J connectivity index is 2.58. The molecule has 3 nitrogen and oxygen atoms in total. The molecule has 0 radical (unpaired) electrons. The fraction of sp³-hybridized carbons (Fsp3) is 0.615. The largest absolute Gasteiger partial charge is 0.414 e. The zero-order valence-electron chi connectivity index (χ0n) is 11.4. The number of nitrogens with zero attached hydrogens (tertiary/aromatic N) is 1. The van der Waals surface area contributed by atoms with Gasteiger partial charge in [0.15, 0.2) is 8.32 Å². The third-order valence-electron chi connectivity index (χ3n) is 3.44. The fourth-order valence-corrected chi connectivity index (χ4v) is 2.17. The molecule has 1 atom stereocenters. The summed E-state index contributed by atoms with van der Waals surface area (Å²) in [6.07, 6.45) is 1.05. The Morgan fingerprint density at radius 1 is 1.35 bits per heavy atom. The molecule has 1 aromatic heterocycles. The highest BCUT2D eigenvalue weighted by atomic mass is 28.4. The lowest BCUT2D eigenvalue weighted by Crippen LogP contribution is -2.41. The summed E-state index contributed by atoms with van der Waals surface area (Å²) >= 11 is 0. The Bertz CT molecular complexity index is 346. The number of aliphatic hydroxyl groups is 1. The second kappa shape index (κ2) is 5.29. The quantitative estimate of drug-likeness (QED) is 0.838. The maximum absolute atomic E-state index is 9.98. The second-order valence-electron chi connectivity index (χ2n) is 5.84. The number of aliphatic hydroxyl groups excluding tert-OH is 1. The molecule has 0 aliphatic carbocycles. The monoisotopic (exact) mass is 253 g/mol. The van der Waals surface area contributed by atoms with E-state index < -0.39 is 14.4 Å². The SMILES string of the molecule is CC(C)(C)[Si](C)(C)OC[C@H](O)c1ccccn1. The van der Waals surface area contributed by atoms with Gasteiger partial charge >= 0.3 is 0 Å². The van der Waals surface area contributed by atoms with E-state index in [4.69, 9.17) is 4.43 Å². The first kappa shape index (κ1) is 14.3. The molecule has 4 heteroatoms. The fourth-order valence-electron chi connectivity index (χ4n) is 1.16. The molecule has 1 aromatic rings. The highest BCUT2D eigenvalue weighted by molar-refractivity contribution is 6.74. The summed E-state index contributed by atoms with van der Waals surface area (Å²) in [5, 5.41) is 10.1. The van der Waals surface area contributed by atoms with Crippen LogP contribution in [0.25, 0.3) is 0 Å². The summed E-state index contributed by atoms with van der Waals surface area (Å²) < 4.78 is 5.96. The predicted molar refractivity (Wildman–Crippen MR) is 72.3 cm³/mol. The van der Waals surface area contributed by atoms with E-state index in [1.54, 1.807) is 6.20 Å². The van der Waals surface area contributed by atoms with Gasteiger partial charge in [-0.3, -0.25) is 4.98 Å². The molecule has 17 heavy (non-hydrogen) atoms. The van der Waals surface area contributed by atoms with Crippen molar-refractivity contribution in [2.45, 2.75) is 45.0 Å². The normalized spacial score (nSPS) is 14.7. The smallest absolute Gasteiger partial charge is 0.192 e. The molecule has 1 rings (SSSR count). The summed E-state index contributed by atoms with van der Waals surface area (Å²) in [5.41, 5.74) is 0.672. The van der Waals surface area contributed by atoms with Crippen LogP contribution in [0, 0.1) is 0 Å². The van der Waals surface area contributed by atoms with Gasteiger partial charge in [0.05, 0.1) is 12.3 Å². The van der Waals surface area contributed by atoms with Crippen LogP contribution in [0.3, 0.4) is 0 Å². The van der Waals surface area contributed by atoms with Crippen molar-refractivity contribution in [2.24, 2.45) is 0 Å². The first-order valence-corrected chi connectivity index (χ1v) is 8.88. The maximum atomic E-state index is 9.98. The van der Waals surface area contributed by atoms with Crippen LogP contribution in [0.4, 0.5) is 0 Å². The Kier molecular flexibility index (Phi) is 4.46. The van der Waals surface area contributed by atoms with Crippen molar-refractivity contribution >= 4 is 8.32 Å². The van der Waals surface area contributed by atoms with Crippen molar-refractivity contribution in [1.29, 1.82) is 0 Å². The van der Waals surface area contributed by atoms with Crippen molar-refractivity contribution in [3.63, 3.8) is 0 Å². The number of aromatic nitrogens is 1. The van der Waals surface area contributed by atoms with Crippen LogP contribution in [0.5, 0.6) is 0 Å². The van der Waals surface area contributed by atoms with Crippen molar-refractivity contribution in [3.05, 3.63) is 30.1 Å². The second-order valence-corrected chi connectivity index (χ2v) is 10.7. The molecule has 0 aliphatic rings. The average Bonchev–Trinajstić information content (AvgIpc) is 2.25. The number of pyridine rings is 1. The lowest BCUT2D eigenvalue weighted by Gasteiger charge is -2.36. The van der Waals surface area contributed by atoms with Crippen LogP contribution in [0.2, 0.25) is 18.1 Å². The first-order chi connectivity index (χ1) is 7.74. The molecule has 96 valence electrons. The van der Waals surface area contributed by atoms with Gasteiger partial charge in [-0.2, -0.15) is 0 Å². The molecule has 0 bridgehead atoms. The molecule has 0 spiro atoms. The molecule has 1 heterocycles. The Labute approximate surface area is 105 Å². The molecule has 0 unspecified atom stereocenters. The van der Waals surface area contributed by atoms with Crippen molar-refractivity contribution in [1.82, 2.24) is 4.98 Å². The van der Waals surface area contributed by atoms with Gasteiger partial charge < -0.3 is 9.53 Å². The van der Waals surface area contributed by atoms with E-state index >= 15 is 0 Å². The molecule has 0 aromatic carbocycles. The first-order valence-electron chi connectivity index (χ1n) is 5.97. The Hall–Kier alpha value is -0.713. The van der Waals surface area contributed by atoms with Gasteiger partial charge in [0.25, 0.3) is 0 Å². The summed E-state index contributed by atoms with van der Waals surface area (Å²) in [4.78, 5) is 4.13. The lowest BCUT2D eigenvalue weighted by atomic mass is 10.2. The molecule has 0 amide bonds. The highest BCUT2D eigenvalue weighted by Crippen LogP contribution is 2.36. The predicted octanol–water partition coefficient (Wildman–Crippen LogP) is 3.14.